The van der Waals surface area contributed by atoms with Crippen LogP contribution in [0.15, 0.2) is 41.1 Å². The predicted molar refractivity (Wildman–Crippen MR) is 108 cm³/mol. The summed E-state index contributed by atoms with van der Waals surface area (Å²) in [6.07, 6.45) is 2.67. The van der Waals surface area contributed by atoms with E-state index < -0.39 is 10.0 Å². The predicted octanol–water partition coefficient (Wildman–Crippen LogP) is 2.39. The van der Waals surface area contributed by atoms with E-state index in [4.69, 9.17) is 4.52 Å². The van der Waals surface area contributed by atoms with Crippen LogP contribution in [-0.4, -0.2) is 47.7 Å². The Morgan fingerprint density at radius 1 is 1.24 bits per heavy atom. The summed E-state index contributed by atoms with van der Waals surface area (Å²) in [5.74, 6) is 0.713. The van der Waals surface area contributed by atoms with Crippen molar-refractivity contribution in [3.63, 3.8) is 0 Å². The van der Waals surface area contributed by atoms with Crippen molar-refractivity contribution >= 4 is 21.6 Å². The quantitative estimate of drug-likeness (QED) is 0.656. The third-order valence-corrected chi connectivity index (χ3v) is 4.66. The first kappa shape index (κ1) is 20.5. The van der Waals surface area contributed by atoms with Crippen molar-refractivity contribution in [1.82, 2.24) is 20.0 Å². The van der Waals surface area contributed by atoms with E-state index in [1.54, 1.807) is 50.5 Å². The van der Waals surface area contributed by atoms with Crippen molar-refractivity contribution in [1.29, 1.82) is 0 Å². The maximum atomic E-state index is 13.0. The average molecular weight is 415 g/mol. The molecule has 0 aliphatic rings. The number of aromatic nitrogens is 3. The van der Waals surface area contributed by atoms with Gasteiger partial charge in [-0.25, -0.2) is 18.4 Å². The van der Waals surface area contributed by atoms with Gasteiger partial charge < -0.3 is 9.42 Å². The number of amides is 1. The molecule has 0 saturated heterocycles. The maximum Gasteiger partial charge on any atom is 0.256 e. The molecule has 0 atom stereocenters. The molecule has 0 bridgehead atoms. The minimum Gasteiger partial charge on any atom is -0.356 e. The van der Waals surface area contributed by atoms with E-state index in [1.165, 1.54) is 4.90 Å². The summed E-state index contributed by atoms with van der Waals surface area (Å²) in [4.78, 5) is 23.1. The largest absolute Gasteiger partial charge is 0.356 e. The number of carbonyl (C=O) groups excluding carboxylic acids is 1. The standard InChI is InChI=1S/C19H21N5O4S/c1-12-9-18(28-22-12)15-10-20-13(2)21-17(15)11-24(3)19(25)14-7-5-6-8-16(14)23-29(4,26)27/h5-10,23H,11H2,1-4H3. The van der Waals surface area contributed by atoms with Crippen LogP contribution in [-0.2, 0) is 16.6 Å². The number of rotatable bonds is 6. The Morgan fingerprint density at radius 3 is 2.62 bits per heavy atom. The zero-order chi connectivity index (χ0) is 21.2. The van der Waals surface area contributed by atoms with E-state index >= 15 is 0 Å². The number of nitrogens with one attached hydrogen (secondary N) is 1. The lowest BCUT2D eigenvalue weighted by Gasteiger charge is -2.20. The van der Waals surface area contributed by atoms with Crippen molar-refractivity contribution < 1.29 is 17.7 Å². The molecule has 0 unspecified atom stereocenters. The maximum absolute atomic E-state index is 13.0. The number of nitrogens with zero attached hydrogens (tertiary/aromatic N) is 4. The van der Waals surface area contributed by atoms with Crippen molar-refractivity contribution in [2.24, 2.45) is 0 Å². The van der Waals surface area contributed by atoms with Gasteiger partial charge in [-0.3, -0.25) is 9.52 Å². The Morgan fingerprint density at radius 2 is 1.97 bits per heavy atom. The molecule has 9 nitrogen and oxygen atoms in total. The molecule has 0 aliphatic heterocycles. The fourth-order valence-corrected chi connectivity index (χ4v) is 3.37. The first-order valence-electron chi connectivity index (χ1n) is 8.72. The smallest absolute Gasteiger partial charge is 0.256 e. The molecule has 1 amide bonds. The van der Waals surface area contributed by atoms with Crippen LogP contribution < -0.4 is 4.72 Å². The van der Waals surface area contributed by atoms with Crippen molar-refractivity contribution in [3.05, 3.63) is 59.3 Å². The first-order valence-corrected chi connectivity index (χ1v) is 10.6. The zero-order valence-corrected chi connectivity index (χ0v) is 17.3. The number of hydrogen-bond acceptors (Lipinski definition) is 7. The molecule has 3 aromatic rings. The van der Waals surface area contributed by atoms with Crippen LogP contribution in [0.5, 0.6) is 0 Å². The van der Waals surface area contributed by atoms with Gasteiger partial charge in [0.2, 0.25) is 10.0 Å². The first-order chi connectivity index (χ1) is 13.6. The average Bonchev–Trinajstić information content (AvgIpc) is 3.06. The topological polar surface area (TPSA) is 118 Å². The van der Waals surface area contributed by atoms with Crippen molar-refractivity contribution in [3.8, 4) is 11.3 Å². The number of hydrogen-bond donors (Lipinski definition) is 1. The van der Waals surface area contributed by atoms with Gasteiger partial charge in [0, 0.05) is 19.3 Å². The molecule has 0 radical (unpaired) electrons. The minimum absolute atomic E-state index is 0.171. The second-order valence-electron chi connectivity index (χ2n) is 6.69. The number of anilines is 1. The highest BCUT2D eigenvalue weighted by atomic mass is 32.2. The van der Waals surface area contributed by atoms with Crippen LogP contribution >= 0.6 is 0 Å². The number of aryl methyl sites for hydroxylation is 2. The van der Waals surface area contributed by atoms with Gasteiger partial charge in [-0.1, -0.05) is 17.3 Å². The SMILES string of the molecule is Cc1cc(-c2cnc(C)nc2CN(C)C(=O)c2ccccc2NS(C)(=O)=O)on1. The van der Waals surface area contributed by atoms with Crippen LogP contribution in [0, 0.1) is 13.8 Å². The van der Waals surface area contributed by atoms with Crippen LogP contribution in [0.4, 0.5) is 5.69 Å². The van der Waals surface area contributed by atoms with Gasteiger partial charge in [-0.2, -0.15) is 0 Å². The number of benzene rings is 1. The fraction of sp³-hybridized carbons (Fsp3) is 0.263. The monoisotopic (exact) mass is 415 g/mol. The van der Waals surface area contributed by atoms with Crippen LogP contribution in [0.2, 0.25) is 0 Å². The van der Waals surface area contributed by atoms with Gasteiger partial charge in [0.15, 0.2) is 5.76 Å². The van der Waals surface area contributed by atoms with E-state index in [0.717, 1.165) is 11.9 Å². The van der Waals surface area contributed by atoms with Gasteiger partial charge in [0.05, 0.1) is 41.0 Å². The molecular weight excluding hydrogens is 394 g/mol. The molecule has 29 heavy (non-hydrogen) atoms. The highest BCUT2D eigenvalue weighted by Crippen LogP contribution is 2.25. The number of sulfonamides is 1. The van der Waals surface area contributed by atoms with E-state index in [2.05, 4.69) is 19.8 Å². The molecule has 0 spiro atoms. The summed E-state index contributed by atoms with van der Waals surface area (Å²) >= 11 is 0. The summed E-state index contributed by atoms with van der Waals surface area (Å²) in [7, 11) is -1.91. The number of carbonyl (C=O) groups is 1. The third-order valence-electron chi connectivity index (χ3n) is 4.07. The van der Waals surface area contributed by atoms with Crippen molar-refractivity contribution in [2.75, 3.05) is 18.0 Å². The lowest BCUT2D eigenvalue weighted by Crippen LogP contribution is -2.28. The van der Waals surface area contributed by atoms with E-state index in [-0.39, 0.29) is 23.7 Å². The molecule has 152 valence electrons. The summed E-state index contributed by atoms with van der Waals surface area (Å²) < 4.78 is 30.9. The minimum atomic E-state index is -3.52. The molecule has 10 heteroatoms. The molecule has 1 N–H and O–H groups in total. The van der Waals surface area contributed by atoms with Gasteiger partial charge in [0.25, 0.3) is 5.91 Å². The molecular formula is C19H21N5O4S. The van der Waals surface area contributed by atoms with Gasteiger partial charge in [-0.15, -0.1) is 0 Å². The molecule has 3 rings (SSSR count). The number of para-hydroxylation sites is 1. The Balaban J connectivity index is 1.91. The molecule has 2 heterocycles. The molecule has 0 aliphatic carbocycles. The summed E-state index contributed by atoms with van der Waals surface area (Å²) in [6.45, 7) is 3.74. The van der Waals surface area contributed by atoms with Crippen LogP contribution in [0.3, 0.4) is 0 Å². The second-order valence-corrected chi connectivity index (χ2v) is 8.44. The summed E-state index contributed by atoms with van der Waals surface area (Å²) in [5, 5.41) is 3.89. The van der Waals surface area contributed by atoms with Crippen LogP contribution in [0.1, 0.15) is 27.6 Å². The third kappa shape index (κ3) is 4.96. The van der Waals surface area contributed by atoms with Gasteiger partial charge in [0.1, 0.15) is 5.82 Å². The molecule has 0 saturated carbocycles. The molecule has 0 fully saturated rings. The normalized spacial score (nSPS) is 11.3. The zero-order valence-electron chi connectivity index (χ0n) is 16.5. The Labute approximate surface area is 168 Å². The lowest BCUT2D eigenvalue weighted by atomic mass is 10.1. The van der Waals surface area contributed by atoms with E-state index in [1.807, 2.05) is 6.92 Å². The summed E-state index contributed by atoms with van der Waals surface area (Å²) in [6, 6.07) is 8.21. The van der Waals surface area contributed by atoms with Gasteiger partial charge >= 0.3 is 0 Å². The molecule has 1 aromatic carbocycles. The van der Waals surface area contributed by atoms with Crippen LogP contribution in [0.25, 0.3) is 11.3 Å². The fourth-order valence-electron chi connectivity index (χ4n) is 2.79. The second kappa shape index (κ2) is 8.00. The lowest BCUT2D eigenvalue weighted by molar-refractivity contribution is 0.0784. The van der Waals surface area contributed by atoms with E-state index in [0.29, 0.717) is 22.8 Å². The highest BCUT2D eigenvalue weighted by molar-refractivity contribution is 7.92. The van der Waals surface area contributed by atoms with E-state index in [9.17, 15) is 13.2 Å². The van der Waals surface area contributed by atoms with Gasteiger partial charge in [-0.05, 0) is 26.0 Å². The Bertz CT molecular complexity index is 1160. The highest BCUT2D eigenvalue weighted by Gasteiger charge is 2.20. The summed E-state index contributed by atoms with van der Waals surface area (Å²) in [5.41, 5.74) is 2.41. The Kier molecular flexibility index (Phi) is 5.64. The molecule has 2 aromatic heterocycles. The Hall–Kier alpha value is -3.27. The van der Waals surface area contributed by atoms with Crippen molar-refractivity contribution in [2.45, 2.75) is 20.4 Å².